The second-order valence-electron chi connectivity index (χ2n) is 8.09. The van der Waals surface area contributed by atoms with E-state index in [9.17, 15) is 9.59 Å². The molecule has 0 spiro atoms. The molecule has 0 bridgehead atoms. The van der Waals surface area contributed by atoms with Crippen LogP contribution in [0.2, 0.25) is 0 Å². The van der Waals surface area contributed by atoms with Gasteiger partial charge in [-0.15, -0.1) is 0 Å². The maximum absolute atomic E-state index is 13.2. The average molecular weight is 441 g/mol. The monoisotopic (exact) mass is 441 g/mol. The smallest absolute Gasteiger partial charge is 0.295 e. The zero-order valence-electron chi connectivity index (χ0n) is 17.9. The van der Waals surface area contributed by atoms with Crippen LogP contribution < -0.4 is 10.1 Å². The molecule has 0 saturated heterocycles. The Morgan fingerprint density at radius 2 is 1.88 bits per heavy atom. The molecule has 1 N–H and O–H groups in total. The summed E-state index contributed by atoms with van der Waals surface area (Å²) < 4.78 is 13.2. The zero-order valence-corrected chi connectivity index (χ0v) is 17.9. The number of nitrogens with zero attached hydrogens (tertiary/aromatic N) is 2. The SMILES string of the molecule is O=COC1(NC(=O)c2ccc3ccccc3c2OCc2ccc(-n3cccn3)cc2)CCC1. The van der Waals surface area contributed by atoms with Crippen molar-refractivity contribution in [3.8, 4) is 11.4 Å². The van der Waals surface area contributed by atoms with E-state index in [1.54, 1.807) is 16.9 Å². The highest BCUT2D eigenvalue weighted by molar-refractivity contribution is 6.04. The predicted octanol–water partition coefficient (Wildman–Crippen LogP) is 4.39. The molecule has 166 valence electrons. The number of carbonyl (C=O) groups is 2. The molecule has 5 rings (SSSR count). The second-order valence-corrected chi connectivity index (χ2v) is 8.09. The topological polar surface area (TPSA) is 82.5 Å². The van der Waals surface area contributed by atoms with E-state index < -0.39 is 5.72 Å². The normalized spacial score (nSPS) is 14.3. The molecule has 7 nitrogen and oxygen atoms in total. The summed E-state index contributed by atoms with van der Waals surface area (Å²) in [5.74, 6) is 0.175. The summed E-state index contributed by atoms with van der Waals surface area (Å²) in [6.07, 6.45) is 5.71. The molecule has 1 aliphatic carbocycles. The van der Waals surface area contributed by atoms with Gasteiger partial charge in [0.25, 0.3) is 12.4 Å². The molecule has 0 atom stereocenters. The number of amides is 1. The minimum Gasteiger partial charge on any atom is -0.487 e. The van der Waals surface area contributed by atoms with Gasteiger partial charge in [0.1, 0.15) is 12.4 Å². The number of benzene rings is 3. The molecule has 0 radical (unpaired) electrons. The molecule has 1 heterocycles. The van der Waals surface area contributed by atoms with Crippen LogP contribution in [0.15, 0.2) is 79.1 Å². The summed E-state index contributed by atoms with van der Waals surface area (Å²) in [5, 5.41) is 8.95. The van der Waals surface area contributed by atoms with Gasteiger partial charge in [0.2, 0.25) is 0 Å². The van der Waals surface area contributed by atoms with Crippen molar-refractivity contribution in [2.24, 2.45) is 0 Å². The number of fused-ring (bicyclic) bond motifs is 1. The lowest BCUT2D eigenvalue weighted by atomic mass is 9.87. The lowest BCUT2D eigenvalue weighted by Crippen LogP contribution is -2.55. The van der Waals surface area contributed by atoms with Gasteiger partial charge in [0.05, 0.1) is 11.3 Å². The second kappa shape index (κ2) is 8.78. The molecule has 0 aliphatic heterocycles. The van der Waals surface area contributed by atoms with Crippen molar-refractivity contribution in [1.82, 2.24) is 15.1 Å². The van der Waals surface area contributed by atoms with Crippen LogP contribution in [0.4, 0.5) is 0 Å². The fraction of sp³-hybridized carbons (Fsp3) is 0.192. The minimum atomic E-state index is -0.927. The minimum absolute atomic E-state index is 0.295. The first-order chi connectivity index (χ1) is 16.2. The van der Waals surface area contributed by atoms with Gasteiger partial charge in [-0.05, 0) is 41.6 Å². The van der Waals surface area contributed by atoms with E-state index in [-0.39, 0.29) is 5.91 Å². The summed E-state index contributed by atoms with van der Waals surface area (Å²) >= 11 is 0. The van der Waals surface area contributed by atoms with Crippen LogP contribution in [-0.2, 0) is 16.1 Å². The van der Waals surface area contributed by atoms with Crippen LogP contribution in [0.3, 0.4) is 0 Å². The van der Waals surface area contributed by atoms with Gasteiger partial charge in [-0.2, -0.15) is 5.10 Å². The Bertz CT molecular complexity index is 1280. The number of carbonyl (C=O) groups excluding carboxylic acids is 2. The van der Waals surface area contributed by atoms with E-state index >= 15 is 0 Å². The molecule has 1 saturated carbocycles. The van der Waals surface area contributed by atoms with Crippen molar-refractivity contribution in [3.63, 3.8) is 0 Å². The fourth-order valence-electron chi connectivity index (χ4n) is 4.04. The Balaban J connectivity index is 1.41. The molecule has 3 aromatic carbocycles. The molecular formula is C26H23N3O4. The van der Waals surface area contributed by atoms with Crippen molar-refractivity contribution in [2.75, 3.05) is 0 Å². The Labute approximate surface area is 190 Å². The van der Waals surface area contributed by atoms with Gasteiger partial charge >= 0.3 is 0 Å². The molecule has 33 heavy (non-hydrogen) atoms. The summed E-state index contributed by atoms with van der Waals surface area (Å²) in [5.41, 5.74) is 1.40. The molecular weight excluding hydrogens is 418 g/mol. The summed E-state index contributed by atoms with van der Waals surface area (Å²) in [6, 6.07) is 21.2. The van der Waals surface area contributed by atoms with Crippen molar-refractivity contribution in [2.45, 2.75) is 31.6 Å². The average Bonchev–Trinajstić information content (AvgIpc) is 3.36. The fourth-order valence-corrected chi connectivity index (χ4v) is 4.04. The van der Waals surface area contributed by atoms with Crippen molar-refractivity contribution >= 4 is 23.2 Å². The molecule has 7 heteroatoms. The van der Waals surface area contributed by atoms with E-state index in [0.717, 1.165) is 28.4 Å². The molecule has 1 fully saturated rings. The number of ether oxygens (including phenoxy) is 2. The quantitative estimate of drug-likeness (QED) is 0.324. The first kappa shape index (κ1) is 20.8. The van der Waals surface area contributed by atoms with Crippen LogP contribution in [0.1, 0.15) is 35.2 Å². The lowest BCUT2D eigenvalue weighted by Gasteiger charge is -2.40. The van der Waals surface area contributed by atoms with Gasteiger partial charge in [-0.25, -0.2) is 4.68 Å². The molecule has 0 unspecified atom stereocenters. The standard InChI is InChI=1S/C26H23N3O4/c30-18-33-26(13-3-14-26)28-25(31)23-12-9-20-5-1-2-6-22(20)24(23)32-17-19-7-10-21(11-8-19)29-16-4-15-27-29/h1-2,4-12,15-16,18H,3,13-14,17H2,(H,28,31). The predicted molar refractivity (Wildman–Crippen MR) is 123 cm³/mol. The number of hydrogen-bond acceptors (Lipinski definition) is 5. The highest BCUT2D eigenvalue weighted by atomic mass is 16.6. The van der Waals surface area contributed by atoms with E-state index in [0.29, 0.717) is 37.2 Å². The third-order valence-corrected chi connectivity index (χ3v) is 5.99. The van der Waals surface area contributed by atoms with E-state index in [1.807, 2.05) is 66.9 Å². The number of hydrogen-bond donors (Lipinski definition) is 1. The molecule has 1 aromatic heterocycles. The van der Waals surface area contributed by atoms with Crippen molar-refractivity contribution in [1.29, 1.82) is 0 Å². The largest absolute Gasteiger partial charge is 0.487 e. The van der Waals surface area contributed by atoms with Crippen LogP contribution in [0, 0.1) is 0 Å². The summed E-state index contributed by atoms with van der Waals surface area (Å²) in [4.78, 5) is 24.1. The van der Waals surface area contributed by atoms with Gasteiger partial charge < -0.3 is 14.8 Å². The number of aromatic nitrogens is 2. The Hall–Kier alpha value is -4.13. The lowest BCUT2D eigenvalue weighted by molar-refractivity contribution is -0.156. The van der Waals surface area contributed by atoms with Crippen molar-refractivity contribution in [3.05, 3.63) is 90.3 Å². The van der Waals surface area contributed by atoms with Gasteiger partial charge in [-0.3, -0.25) is 9.59 Å². The van der Waals surface area contributed by atoms with Crippen molar-refractivity contribution < 1.29 is 19.1 Å². The van der Waals surface area contributed by atoms with E-state index in [2.05, 4.69) is 10.4 Å². The first-order valence-electron chi connectivity index (χ1n) is 10.8. The van der Waals surface area contributed by atoms with Gasteiger partial charge in [0, 0.05) is 30.6 Å². The van der Waals surface area contributed by atoms with Crippen LogP contribution in [0.5, 0.6) is 5.75 Å². The molecule has 4 aromatic rings. The number of nitrogens with one attached hydrogen (secondary N) is 1. The van der Waals surface area contributed by atoms with Crippen LogP contribution in [0.25, 0.3) is 16.5 Å². The number of rotatable bonds is 8. The molecule has 1 aliphatic rings. The maximum atomic E-state index is 13.2. The van der Waals surface area contributed by atoms with Crippen LogP contribution in [-0.4, -0.2) is 27.9 Å². The highest BCUT2D eigenvalue weighted by Gasteiger charge is 2.41. The van der Waals surface area contributed by atoms with Crippen LogP contribution >= 0.6 is 0 Å². The highest BCUT2D eigenvalue weighted by Crippen LogP contribution is 2.35. The maximum Gasteiger partial charge on any atom is 0.295 e. The van der Waals surface area contributed by atoms with E-state index in [1.165, 1.54) is 0 Å². The Kier molecular flexibility index (Phi) is 5.52. The summed E-state index contributed by atoms with van der Waals surface area (Å²) in [7, 11) is 0. The first-order valence-corrected chi connectivity index (χ1v) is 10.8. The Morgan fingerprint density at radius 1 is 1.06 bits per heavy atom. The van der Waals surface area contributed by atoms with E-state index in [4.69, 9.17) is 9.47 Å². The zero-order chi connectivity index (χ0) is 22.7. The van der Waals surface area contributed by atoms with Gasteiger partial charge in [0.15, 0.2) is 5.72 Å². The van der Waals surface area contributed by atoms with Gasteiger partial charge in [-0.1, -0.05) is 42.5 Å². The summed E-state index contributed by atoms with van der Waals surface area (Å²) in [6.45, 7) is 0.688. The Morgan fingerprint density at radius 3 is 2.58 bits per heavy atom. The third kappa shape index (κ3) is 4.17. The molecule has 1 amide bonds. The third-order valence-electron chi connectivity index (χ3n) is 5.99.